The Balaban J connectivity index is 1.95. The molecule has 0 spiro atoms. The van der Waals surface area contributed by atoms with Crippen LogP contribution in [-0.4, -0.2) is 44.1 Å². The first kappa shape index (κ1) is 24.8. The first-order valence-electron chi connectivity index (χ1n) is 7.51. The molecule has 3 unspecified atom stereocenters. The predicted octanol–water partition coefficient (Wildman–Crippen LogP) is 0.974. The molecule has 2 heterocycles. The highest BCUT2D eigenvalue weighted by Gasteiger charge is 2.42. The van der Waals surface area contributed by atoms with E-state index in [1.165, 1.54) is 6.20 Å². The van der Waals surface area contributed by atoms with Gasteiger partial charge in [0, 0.05) is 13.3 Å². The van der Waals surface area contributed by atoms with Crippen molar-refractivity contribution in [2.45, 2.75) is 25.2 Å². The van der Waals surface area contributed by atoms with E-state index in [4.69, 9.17) is 9.63 Å². The SMILES string of the molecule is COP(=O)(O)OP(=O)(O)OP(=O)(O)OC[C@@H]1CC[C@H](n2cc(Br)c(=O)[nH]c2=O)O1. The summed E-state index contributed by atoms with van der Waals surface area (Å²) < 4.78 is 57.2. The summed E-state index contributed by atoms with van der Waals surface area (Å²) >= 11 is 2.97. The molecule has 166 valence electrons. The third kappa shape index (κ3) is 7.31. The Morgan fingerprint density at radius 3 is 2.41 bits per heavy atom. The van der Waals surface area contributed by atoms with Crippen molar-refractivity contribution in [3.05, 3.63) is 31.5 Å². The Labute approximate surface area is 170 Å². The average Bonchev–Trinajstić information content (AvgIpc) is 3.03. The fraction of sp³-hybridized carbons (Fsp3) is 0.600. The fourth-order valence-electron chi connectivity index (χ4n) is 2.20. The van der Waals surface area contributed by atoms with E-state index < -0.39 is 53.7 Å². The van der Waals surface area contributed by atoms with Gasteiger partial charge in [0.25, 0.3) is 5.56 Å². The summed E-state index contributed by atoms with van der Waals surface area (Å²) in [5.41, 5.74) is -1.36. The van der Waals surface area contributed by atoms with E-state index in [1.807, 2.05) is 0 Å². The molecule has 15 nitrogen and oxygen atoms in total. The number of hydrogen-bond donors (Lipinski definition) is 4. The first-order chi connectivity index (χ1) is 13.2. The lowest BCUT2D eigenvalue weighted by atomic mass is 10.2. The molecule has 0 bridgehead atoms. The van der Waals surface area contributed by atoms with Gasteiger partial charge in [0.05, 0.1) is 17.2 Å². The van der Waals surface area contributed by atoms with Crippen LogP contribution in [0, 0.1) is 0 Å². The second-order valence-corrected chi connectivity index (χ2v) is 11.1. The predicted molar refractivity (Wildman–Crippen MR) is 96.8 cm³/mol. The maximum Gasteiger partial charge on any atom is 0.490 e. The lowest BCUT2D eigenvalue weighted by Crippen LogP contribution is -2.32. The lowest BCUT2D eigenvalue weighted by Gasteiger charge is -2.19. The van der Waals surface area contributed by atoms with Crippen molar-refractivity contribution in [2.75, 3.05) is 13.7 Å². The lowest BCUT2D eigenvalue weighted by molar-refractivity contribution is -0.0244. The number of H-pyrrole nitrogens is 1. The monoisotopic (exact) mass is 544 g/mol. The number of rotatable bonds is 9. The minimum absolute atomic E-state index is 0.0876. The second-order valence-electron chi connectivity index (χ2n) is 5.48. The molecule has 1 aromatic rings. The molecule has 1 aromatic heterocycles. The maximum absolute atomic E-state index is 11.8. The Morgan fingerprint density at radius 1 is 1.17 bits per heavy atom. The van der Waals surface area contributed by atoms with Gasteiger partial charge in [0.2, 0.25) is 0 Å². The van der Waals surface area contributed by atoms with Gasteiger partial charge in [-0.05, 0) is 28.8 Å². The quantitative estimate of drug-likeness (QED) is 0.319. The van der Waals surface area contributed by atoms with Crippen molar-refractivity contribution in [1.29, 1.82) is 0 Å². The van der Waals surface area contributed by atoms with Gasteiger partial charge >= 0.3 is 29.2 Å². The molecule has 2 rings (SSSR count). The number of nitrogens with zero attached hydrogens (tertiary/aromatic N) is 1. The molecule has 1 aliphatic heterocycles. The van der Waals surface area contributed by atoms with Crippen molar-refractivity contribution in [2.24, 2.45) is 0 Å². The zero-order chi connectivity index (χ0) is 22.0. The molecule has 1 aliphatic rings. The van der Waals surface area contributed by atoms with Crippen molar-refractivity contribution in [3.8, 4) is 0 Å². The van der Waals surface area contributed by atoms with Gasteiger partial charge in [0.15, 0.2) is 0 Å². The van der Waals surface area contributed by atoms with Gasteiger partial charge in [-0.1, -0.05) is 0 Å². The largest absolute Gasteiger partial charge is 0.490 e. The summed E-state index contributed by atoms with van der Waals surface area (Å²) in [4.78, 5) is 53.0. The summed E-state index contributed by atoms with van der Waals surface area (Å²) in [5.74, 6) is 0. The molecule has 4 N–H and O–H groups in total. The van der Waals surface area contributed by atoms with Gasteiger partial charge in [-0.3, -0.25) is 23.4 Å². The van der Waals surface area contributed by atoms with Crippen LogP contribution in [0.1, 0.15) is 19.1 Å². The summed E-state index contributed by atoms with van der Waals surface area (Å²) in [6.07, 6.45) is 0.140. The molecule has 1 saturated heterocycles. The summed E-state index contributed by atoms with van der Waals surface area (Å²) in [7, 11) is -15.0. The van der Waals surface area contributed by atoms with Gasteiger partial charge in [-0.15, -0.1) is 0 Å². The summed E-state index contributed by atoms with van der Waals surface area (Å²) in [6, 6.07) is 0. The van der Waals surface area contributed by atoms with Crippen LogP contribution in [0.2, 0.25) is 0 Å². The number of phosphoric ester groups is 2. The van der Waals surface area contributed by atoms with Crippen LogP contribution >= 0.6 is 39.4 Å². The Hall–Kier alpha value is -0.470. The number of halogens is 1. The number of aromatic nitrogens is 2. The summed E-state index contributed by atoms with van der Waals surface area (Å²) in [5, 5.41) is 0. The van der Waals surface area contributed by atoms with E-state index in [2.05, 4.69) is 38.6 Å². The Kier molecular flexibility index (Phi) is 7.99. The molecular formula is C10H16BrN2O13P3. The number of aromatic amines is 1. The number of nitrogens with one attached hydrogen (secondary N) is 1. The smallest absolute Gasteiger partial charge is 0.352 e. The Morgan fingerprint density at radius 2 is 1.79 bits per heavy atom. The van der Waals surface area contributed by atoms with Crippen LogP contribution in [-0.2, 0) is 36.1 Å². The number of ether oxygens (including phenoxy) is 1. The second kappa shape index (κ2) is 9.35. The molecule has 0 saturated carbocycles. The highest BCUT2D eigenvalue weighted by atomic mass is 79.9. The molecule has 0 aromatic carbocycles. The van der Waals surface area contributed by atoms with Crippen LogP contribution in [0.4, 0.5) is 0 Å². The van der Waals surface area contributed by atoms with E-state index in [1.54, 1.807) is 0 Å². The number of phosphoric acid groups is 3. The standard InChI is InChI=1S/C10H16BrN2O13P3/c1-22-27(16,17)25-29(20,21)26-28(18,19)23-5-6-2-3-8(24-6)13-4-7(11)9(14)12-10(13)15/h4,6,8H,2-3,5H2,1H3,(H,16,17)(H,18,19)(H,20,21)(H,12,14,15)/t6-,8+/m0/s1. The Bertz CT molecular complexity index is 1010. The average molecular weight is 545 g/mol. The van der Waals surface area contributed by atoms with E-state index in [0.29, 0.717) is 7.11 Å². The fourth-order valence-corrected chi connectivity index (χ4v) is 5.80. The molecule has 1 fully saturated rings. The molecule has 29 heavy (non-hydrogen) atoms. The van der Waals surface area contributed by atoms with Crippen molar-refractivity contribution >= 4 is 39.4 Å². The van der Waals surface area contributed by atoms with Crippen LogP contribution < -0.4 is 11.2 Å². The normalized spacial score (nSPS) is 25.8. The third-order valence-corrected chi connectivity index (χ3v) is 8.19. The van der Waals surface area contributed by atoms with Crippen molar-refractivity contribution in [1.82, 2.24) is 9.55 Å². The van der Waals surface area contributed by atoms with Gasteiger partial charge < -0.3 is 19.4 Å². The zero-order valence-electron chi connectivity index (χ0n) is 14.4. The topological polar surface area (TPSA) is 213 Å². The van der Waals surface area contributed by atoms with Crippen LogP contribution in [0.3, 0.4) is 0 Å². The first-order valence-corrected chi connectivity index (χ1v) is 12.8. The summed E-state index contributed by atoms with van der Waals surface area (Å²) in [6.45, 7) is -0.593. The van der Waals surface area contributed by atoms with Gasteiger partial charge in [0.1, 0.15) is 6.23 Å². The van der Waals surface area contributed by atoms with E-state index in [9.17, 15) is 33.1 Å². The number of hydrogen-bond acceptors (Lipinski definition) is 10. The molecule has 0 amide bonds. The molecule has 0 radical (unpaired) electrons. The van der Waals surface area contributed by atoms with Crippen LogP contribution in [0.15, 0.2) is 20.3 Å². The van der Waals surface area contributed by atoms with E-state index in [-0.39, 0.29) is 17.3 Å². The zero-order valence-corrected chi connectivity index (χ0v) is 18.7. The van der Waals surface area contributed by atoms with Crippen LogP contribution in [0.5, 0.6) is 0 Å². The minimum Gasteiger partial charge on any atom is -0.352 e. The maximum atomic E-state index is 11.8. The van der Waals surface area contributed by atoms with Crippen LogP contribution in [0.25, 0.3) is 0 Å². The minimum atomic E-state index is -5.49. The van der Waals surface area contributed by atoms with Crippen molar-refractivity contribution < 1.29 is 50.8 Å². The molecular weight excluding hydrogens is 529 g/mol. The highest BCUT2D eigenvalue weighted by molar-refractivity contribution is 9.10. The highest BCUT2D eigenvalue weighted by Crippen LogP contribution is 2.67. The molecule has 19 heteroatoms. The molecule has 5 atom stereocenters. The van der Waals surface area contributed by atoms with Crippen molar-refractivity contribution in [3.63, 3.8) is 0 Å². The van der Waals surface area contributed by atoms with Gasteiger partial charge in [-0.25, -0.2) is 18.5 Å². The molecule has 0 aliphatic carbocycles. The van der Waals surface area contributed by atoms with E-state index in [0.717, 1.165) is 4.57 Å². The van der Waals surface area contributed by atoms with E-state index >= 15 is 0 Å². The third-order valence-electron chi connectivity index (χ3n) is 3.39. The van der Waals surface area contributed by atoms with Gasteiger partial charge in [-0.2, -0.15) is 8.62 Å².